The molecule has 8 heteroatoms. The highest BCUT2D eigenvalue weighted by molar-refractivity contribution is 9.10. The molecule has 1 fully saturated rings. The summed E-state index contributed by atoms with van der Waals surface area (Å²) in [4.78, 5) is 13.8. The molecule has 0 unspecified atom stereocenters. The molecule has 1 aromatic rings. The molecule has 0 bridgehead atoms. The van der Waals surface area contributed by atoms with E-state index in [9.17, 15) is 18.0 Å². The molecular formula is C15H18BrF3N2O2. The number of hydrogen-bond donors (Lipinski definition) is 1. The second kappa shape index (κ2) is 7.09. The van der Waals surface area contributed by atoms with Gasteiger partial charge in [-0.2, -0.15) is 13.2 Å². The predicted octanol–water partition coefficient (Wildman–Crippen LogP) is 3.52. The highest BCUT2D eigenvalue weighted by Crippen LogP contribution is 2.36. The summed E-state index contributed by atoms with van der Waals surface area (Å²) in [6.45, 7) is 4.68. The number of morpholine rings is 1. The zero-order valence-electron chi connectivity index (χ0n) is 12.8. The second-order valence-electron chi connectivity index (χ2n) is 5.60. The van der Waals surface area contributed by atoms with Gasteiger partial charge in [-0.05, 0) is 32.0 Å². The van der Waals surface area contributed by atoms with Crippen LogP contribution in [0.5, 0.6) is 0 Å². The van der Waals surface area contributed by atoms with E-state index in [1.54, 1.807) is 4.90 Å². The van der Waals surface area contributed by atoms with Gasteiger partial charge in [0.05, 0.1) is 24.3 Å². The lowest BCUT2D eigenvalue weighted by molar-refractivity contribution is -0.141. The monoisotopic (exact) mass is 394 g/mol. The summed E-state index contributed by atoms with van der Waals surface area (Å²) in [6.07, 6.45) is -4.55. The summed E-state index contributed by atoms with van der Waals surface area (Å²) in [6, 6.07) is 3.80. The molecule has 1 heterocycles. The number of alkyl halides is 3. The lowest BCUT2D eigenvalue weighted by Gasteiger charge is -2.35. The Morgan fingerprint density at radius 3 is 2.52 bits per heavy atom. The average molecular weight is 395 g/mol. The van der Waals surface area contributed by atoms with Gasteiger partial charge < -0.3 is 15.0 Å². The van der Waals surface area contributed by atoms with Gasteiger partial charge in [0.25, 0.3) is 0 Å². The molecule has 2 atom stereocenters. The van der Waals surface area contributed by atoms with E-state index in [1.165, 1.54) is 12.1 Å². The van der Waals surface area contributed by atoms with Crippen molar-refractivity contribution in [2.45, 2.75) is 32.2 Å². The maximum atomic E-state index is 12.9. The molecular weight excluding hydrogens is 377 g/mol. The Morgan fingerprint density at radius 1 is 1.35 bits per heavy atom. The number of rotatable bonds is 3. The summed E-state index contributed by atoms with van der Waals surface area (Å²) < 4.78 is 44.1. The van der Waals surface area contributed by atoms with E-state index in [1.807, 2.05) is 13.8 Å². The van der Waals surface area contributed by atoms with Gasteiger partial charge in [0.1, 0.15) is 0 Å². The van der Waals surface area contributed by atoms with E-state index < -0.39 is 11.7 Å². The molecule has 4 nitrogen and oxygen atoms in total. The molecule has 0 aliphatic carbocycles. The molecule has 2 rings (SSSR count). The summed E-state index contributed by atoms with van der Waals surface area (Å²) in [5.41, 5.74) is -0.521. The van der Waals surface area contributed by atoms with E-state index in [2.05, 4.69) is 21.2 Å². The molecule has 0 saturated carbocycles. The van der Waals surface area contributed by atoms with Gasteiger partial charge >= 0.3 is 6.18 Å². The van der Waals surface area contributed by atoms with Gasteiger partial charge in [-0.1, -0.05) is 15.9 Å². The normalized spacial score (nSPS) is 22.1. The van der Waals surface area contributed by atoms with Gasteiger partial charge in [-0.25, -0.2) is 0 Å². The van der Waals surface area contributed by atoms with Crippen LogP contribution < -0.4 is 5.32 Å². The summed E-state index contributed by atoms with van der Waals surface area (Å²) >= 11 is 2.89. The fourth-order valence-electron chi connectivity index (χ4n) is 2.52. The van der Waals surface area contributed by atoms with Crippen LogP contribution in [0.4, 0.5) is 18.9 Å². The van der Waals surface area contributed by atoms with Crippen LogP contribution in [0, 0.1) is 0 Å². The topological polar surface area (TPSA) is 41.6 Å². The van der Waals surface area contributed by atoms with Gasteiger partial charge in [-0.15, -0.1) is 0 Å². The minimum Gasteiger partial charge on any atom is -0.376 e. The van der Waals surface area contributed by atoms with E-state index >= 15 is 0 Å². The minimum absolute atomic E-state index is 0.0299. The van der Waals surface area contributed by atoms with Gasteiger partial charge in [0, 0.05) is 23.2 Å². The number of benzene rings is 1. The summed E-state index contributed by atoms with van der Waals surface area (Å²) in [5, 5.41) is 2.76. The first-order valence-electron chi connectivity index (χ1n) is 7.20. The Morgan fingerprint density at radius 2 is 1.96 bits per heavy atom. The molecule has 128 valence electrons. The molecule has 1 aliphatic rings. The SMILES string of the molecule is C[C@@H]1CN(C(=O)CNc2ccc(Br)c(C(F)(F)F)c2)C[C@H](C)O1. The second-order valence-corrected chi connectivity index (χ2v) is 6.46. The highest BCUT2D eigenvalue weighted by atomic mass is 79.9. The molecule has 1 saturated heterocycles. The van der Waals surface area contributed by atoms with Crippen molar-refractivity contribution >= 4 is 27.5 Å². The maximum absolute atomic E-state index is 12.9. The largest absolute Gasteiger partial charge is 0.417 e. The number of carbonyl (C=O) groups is 1. The third-order valence-electron chi connectivity index (χ3n) is 3.49. The van der Waals surface area contributed by atoms with Crippen molar-refractivity contribution in [3.8, 4) is 0 Å². The number of nitrogens with one attached hydrogen (secondary N) is 1. The van der Waals surface area contributed by atoms with E-state index in [0.29, 0.717) is 13.1 Å². The van der Waals surface area contributed by atoms with Crippen molar-refractivity contribution in [2.75, 3.05) is 25.0 Å². The number of halogens is 4. The molecule has 0 aromatic heterocycles. The molecule has 1 aromatic carbocycles. The number of nitrogens with zero attached hydrogens (tertiary/aromatic N) is 1. The van der Waals surface area contributed by atoms with Crippen molar-refractivity contribution in [3.05, 3.63) is 28.2 Å². The van der Waals surface area contributed by atoms with Crippen LogP contribution in [0.3, 0.4) is 0 Å². The van der Waals surface area contributed by atoms with E-state index in [0.717, 1.165) is 6.07 Å². The Balaban J connectivity index is 1.99. The average Bonchev–Trinajstić information content (AvgIpc) is 2.43. The zero-order chi connectivity index (χ0) is 17.2. The first-order chi connectivity index (χ1) is 10.7. The molecule has 0 spiro atoms. The van der Waals surface area contributed by atoms with Crippen LogP contribution in [0.2, 0.25) is 0 Å². The first-order valence-corrected chi connectivity index (χ1v) is 8.00. The molecule has 1 amide bonds. The Bertz CT molecular complexity index is 570. The van der Waals surface area contributed by atoms with Crippen molar-refractivity contribution in [2.24, 2.45) is 0 Å². The summed E-state index contributed by atoms with van der Waals surface area (Å²) in [7, 11) is 0. The van der Waals surface area contributed by atoms with E-state index in [-0.39, 0.29) is 34.8 Å². The maximum Gasteiger partial charge on any atom is 0.417 e. The minimum atomic E-state index is -4.45. The van der Waals surface area contributed by atoms with Gasteiger partial charge in [0.2, 0.25) is 5.91 Å². The van der Waals surface area contributed by atoms with Crippen molar-refractivity contribution in [3.63, 3.8) is 0 Å². The van der Waals surface area contributed by atoms with Crippen LogP contribution in [-0.4, -0.2) is 42.6 Å². The fourth-order valence-corrected chi connectivity index (χ4v) is 2.99. The summed E-state index contributed by atoms with van der Waals surface area (Å²) in [5.74, 6) is -0.163. The van der Waals surface area contributed by atoms with Crippen LogP contribution >= 0.6 is 15.9 Å². The third-order valence-corrected chi connectivity index (χ3v) is 4.18. The molecule has 0 radical (unpaired) electrons. The van der Waals surface area contributed by atoms with Crippen molar-refractivity contribution in [1.29, 1.82) is 0 Å². The smallest absolute Gasteiger partial charge is 0.376 e. The van der Waals surface area contributed by atoms with Crippen LogP contribution in [-0.2, 0) is 15.7 Å². The van der Waals surface area contributed by atoms with Crippen LogP contribution in [0.1, 0.15) is 19.4 Å². The molecule has 1 aliphatic heterocycles. The fraction of sp³-hybridized carbons (Fsp3) is 0.533. The van der Waals surface area contributed by atoms with Crippen LogP contribution in [0.15, 0.2) is 22.7 Å². The highest BCUT2D eigenvalue weighted by Gasteiger charge is 2.33. The molecule has 23 heavy (non-hydrogen) atoms. The Hall–Kier alpha value is -1.28. The van der Waals surface area contributed by atoms with Crippen LogP contribution in [0.25, 0.3) is 0 Å². The lowest BCUT2D eigenvalue weighted by Crippen LogP contribution is -2.49. The Labute approximate surface area is 141 Å². The van der Waals surface area contributed by atoms with E-state index in [4.69, 9.17) is 4.74 Å². The predicted molar refractivity (Wildman–Crippen MR) is 84.2 cm³/mol. The lowest BCUT2D eigenvalue weighted by atomic mass is 10.2. The van der Waals surface area contributed by atoms with Gasteiger partial charge in [0.15, 0.2) is 0 Å². The van der Waals surface area contributed by atoms with Gasteiger partial charge in [-0.3, -0.25) is 4.79 Å². The number of anilines is 1. The third kappa shape index (κ3) is 4.84. The van der Waals surface area contributed by atoms with Crippen molar-refractivity contribution in [1.82, 2.24) is 4.90 Å². The standard InChI is InChI=1S/C15H18BrF3N2O2/c1-9-7-21(8-10(2)23-9)14(22)6-20-11-3-4-13(16)12(5-11)15(17,18)19/h3-5,9-10,20H,6-8H2,1-2H3/t9-,10+. The molecule has 1 N–H and O–H groups in total. The number of amides is 1. The Kier molecular flexibility index (Phi) is 5.57. The first kappa shape index (κ1) is 18.1. The number of hydrogen-bond acceptors (Lipinski definition) is 3. The zero-order valence-corrected chi connectivity index (χ0v) is 14.4. The number of carbonyl (C=O) groups excluding carboxylic acids is 1. The van der Waals surface area contributed by atoms with Crippen molar-refractivity contribution < 1.29 is 22.7 Å². The quantitative estimate of drug-likeness (QED) is 0.852. The number of ether oxygens (including phenoxy) is 1.